The van der Waals surface area contributed by atoms with E-state index in [-0.39, 0.29) is 49.3 Å². The van der Waals surface area contributed by atoms with E-state index in [4.69, 9.17) is 15.3 Å². The predicted molar refractivity (Wildman–Crippen MR) is 28.8 cm³/mol. The van der Waals surface area contributed by atoms with E-state index in [1.807, 2.05) is 0 Å². The molecule has 0 amide bonds. The molecule has 0 radical (unpaired) electrons. The van der Waals surface area contributed by atoms with Crippen LogP contribution in [0.5, 0.6) is 0 Å². The molecule has 0 bridgehead atoms. The molecule has 0 unspecified atom stereocenters. The van der Waals surface area contributed by atoms with Crippen LogP contribution in [0.2, 0.25) is 0 Å². The summed E-state index contributed by atoms with van der Waals surface area (Å²) in [4.78, 5) is 8.25. The SMILES string of the molecule is O=[N+]([O-])[O-].[BiH3].[MgH2]. The molecule has 0 aliphatic heterocycles. The fourth-order valence-electron chi connectivity index (χ4n) is 0. The quantitative estimate of drug-likeness (QED) is 0.286. The molecule has 0 N–H and O–H groups in total. The Bertz CT molecular complexity index is 33.8. The maximum Gasteiger partial charge on any atom is 0.316 e. The molecule has 0 spiro atoms. The molecule has 6 heteroatoms. The Morgan fingerprint density at radius 1 is 1.33 bits per heavy atom. The van der Waals surface area contributed by atoms with Crippen molar-refractivity contribution in [2.75, 3.05) is 0 Å². The van der Waals surface area contributed by atoms with Crippen LogP contribution in [0.15, 0.2) is 0 Å². The fraction of sp³-hybridized carbons (Fsp3) is 0. The van der Waals surface area contributed by atoms with Crippen LogP contribution in [0, 0.1) is 15.3 Å². The number of nitrogens with zero attached hydrogens (tertiary/aromatic N) is 1. The van der Waals surface area contributed by atoms with Crippen molar-refractivity contribution in [3.05, 3.63) is 15.3 Å². The normalized spacial score (nSPS) is 4.00. The van der Waals surface area contributed by atoms with Gasteiger partial charge >= 0.3 is 49.3 Å². The molecule has 0 atom stereocenters. The smallest absolute Gasteiger partial charge is 0.316 e. The zero-order valence-corrected chi connectivity index (χ0v) is 7.88. The number of hydrogen-bond acceptors (Lipinski definition) is 3. The van der Waals surface area contributed by atoms with Crippen molar-refractivity contribution >= 4 is 49.3 Å². The van der Waals surface area contributed by atoms with Gasteiger partial charge in [-0.2, -0.15) is 0 Å². The third kappa shape index (κ3) is 99.6. The summed E-state index contributed by atoms with van der Waals surface area (Å²) in [6, 6.07) is 0. The Kier molecular flexibility index (Phi) is 24.5. The summed E-state index contributed by atoms with van der Waals surface area (Å²) < 4.78 is 0. The summed E-state index contributed by atoms with van der Waals surface area (Å²) in [5.41, 5.74) is 0. The summed E-state index contributed by atoms with van der Waals surface area (Å²) in [6.07, 6.45) is 0. The van der Waals surface area contributed by atoms with Gasteiger partial charge in [-0.15, -0.1) is 0 Å². The van der Waals surface area contributed by atoms with Gasteiger partial charge in [0.1, 0.15) is 0 Å². The molecule has 0 aromatic rings. The molecule has 6 heavy (non-hydrogen) atoms. The summed E-state index contributed by atoms with van der Waals surface area (Å²) in [5, 5.41) is 14.8. The van der Waals surface area contributed by atoms with E-state index < -0.39 is 5.09 Å². The first-order chi connectivity index (χ1) is 1.73. The van der Waals surface area contributed by atoms with E-state index in [2.05, 4.69) is 0 Å². The minimum absolute atomic E-state index is 0. The molecular formula is H5BiMgNO3-. The molecule has 36 valence electrons. The zero-order chi connectivity index (χ0) is 3.58. The minimum Gasteiger partial charge on any atom is 0.316 e. The Labute approximate surface area is 69.3 Å². The van der Waals surface area contributed by atoms with Crippen LogP contribution in [0.4, 0.5) is 0 Å². The summed E-state index contributed by atoms with van der Waals surface area (Å²) in [5.74, 6) is 0. The molecule has 0 heterocycles. The van der Waals surface area contributed by atoms with Crippen molar-refractivity contribution in [1.82, 2.24) is 0 Å². The first-order valence-corrected chi connectivity index (χ1v) is 0.548. The van der Waals surface area contributed by atoms with E-state index in [0.29, 0.717) is 0 Å². The molecule has 0 aliphatic carbocycles. The second kappa shape index (κ2) is 9.28. The van der Waals surface area contributed by atoms with Gasteiger partial charge in [0.25, 0.3) is 0 Å². The molecule has 0 aromatic carbocycles. The molecule has 4 nitrogen and oxygen atoms in total. The summed E-state index contributed by atoms with van der Waals surface area (Å²) >= 11 is 0. The first-order valence-electron chi connectivity index (χ1n) is 0.548. The van der Waals surface area contributed by atoms with Crippen molar-refractivity contribution in [1.29, 1.82) is 0 Å². The largest absolute Gasteiger partial charge is 0.316 e. The summed E-state index contributed by atoms with van der Waals surface area (Å²) in [6.45, 7) is 0. The van der Waals surface area contributed by atoms with Crippen LogP contribution in [-0.2, 0) is 0 Å². The molecule has 0 aliphatic rings. The molecule has 0 aromatic heterocycles. The van der Waals surface area contributed by atoms with Gasteiger partial charge in [0.2, 0.25) is 0 Å². The van der Waals surface area contributed by atoms with Crippen LogP contribution in [-0.4, -0.2) is 54.3 Å². The van der Waals surface area contributed by atoms with E-state index >= 15 is 0 Å². The molecule has 0 saturated heterocycles. The van der Waals surface area contributed by atoms with Crippen molar-refractivity contribution in [3.8, 4) is 0 Å². The molecule has 0 rings (SSSR count). The van der Waals surface area contributed by atoms with Crippen LogP contribution in [0.1, 0.15) is 0 Å². The molecule has 0 saturated carbocycles. The van der Waals surface area contributed by atoms with Gasteiger partial charge in [0, 0.05) is 0 Å². The molecule has 0 fully saturated rings. The topological polar surface area (TPSA) is 66.2 Å². The van der Waals surface area contributed by atoms with Crippen molar-refractivity contribution < 1.29 is 5.09 Å². The van der Waals surface area contributed by atoms with E-state index in [1.54, 1.807) is 0 Å². The third-order valence-electron chi connectivity index (χ3n) is 0. The van der Waals surface area contributed by atoms with E-state index in [1.165, 1.54) is 0 Å². The Hall–Kier alpha value is 0.849. The Balaban J connectivity index is -0.0000000450. The number of hydrogen-bond donors (Lipinski definition) is 0. The van der Waals surface area contributed by atoms with Crippen molar-refractivity contribution in [2.45, 2.75) is 0 Å². The standard InChI is InChI=1S/Bi.Mg.NO3.5H/c;;2-1(3)4;;;;;/q;;-1;;;;;. The number of rotatable bonds is 0. The zero-order valence-electron chi connectivity index (χ0n) is 2.38. The average molecular weight is 300 g/mol. The van der Waals surface area contributed by atoms with Crippen LogP contribution < -0.4 is 0 Å². The van der Waals surface area contributed by atoms with Crippen LogP contribution >= 0.6 is 0 Å². The summed E-state index contributed by atoms with van der Waals surface area (Å²) in [7, 11) is 0. The second-order valence-corrected chi connectivity index (χ2v) is 0.224. The first kappa shape index (κ1) is 15.8. The Morgan fingerprint density at radius 3 is 1.33 bits per heavy atom. The predicted octanol–water partition coefficient (Wildman–Crippen LogP) is -2.34. The maximum atomic E-state index is 8.25. The monoisotopic (exact) mass is 300 g/mol. The van der Waals surface area contributed by atoms with E-state index in [9.17, 15) is 0 Å². The maximum absolute atomic E-state index is 8.25. The van der Waals surface area contributed by atoms with Crippen LogP contribution in [0.3, 0.4) is 0 Å². The van der Waals surface area contributed by atoms with Gasteiger partial charge in [0.05, 0.1) is 5.09 Å². The molecular weight excluding hydrogens is 295 g/mol. The third-order valence-corrected chi connectivity index (χ3v) is 0. The van der Waals surface area contributed by atoms with Gasteiger partial charge < -0.3 is 15.3 Å². The van der Waals surface area contributed by atoms with Gasteiger partial charge in [-0.3, -0.25) is 0 Å². The van der Waals surface area contributed by atoms with E-state index in [0.717, 1.165) is 0 Å². The Morgan fingerprint density at radius 2 is 1.33 bits per heavy atom. The van der Waals surface area contributed by atoms with Gasteiger partial charge in [-0.25, -0.2) is 0 Å². The minimum atomic E-state index is -1.75. The van der Waals surface area contributed by atoms with Gasteiger partial charge in [-0.1, -0.05) is 0 Å². The average Bonchev–Trinajstić information content (AvgIpc) is 0.811. The van der Waals surface area contributed by atoms with Crippen molar-refractivity contribution in [2.24, 2.45) is 0 Å². The van der Waals surface area contributed by atoms with Crippen LogP contribution in [0.25, 0.3) is 0 Å². The van der Waals surface area contributed by atoms with Crippen molar-refractivity contribution in [3.63, 3.8) is 0 Å². The van der Waals surface area contributed by atoms with Gasteiger partial charge in [0.15, 0.2) is 0 Å². The second-order valence-electron chi connectivity index (χ2n) is 0.224. The van der Waals surface area contributed by atoms with Gasteiger partial charge in [-0.05, 0) is 0 Å². The fourth-order valence-corrected chi connectivity index (χ4v) is 0.